The summed E-state index contributed by atoms with van der Waals surface area (Å²) in [5, 5.41) is 28.0. The molecule has 0 bridgehead atoms. The molecule has 0 saturated carbocycles. The Hall–Kier alpha value is -3.19. The van der Waals surface area contributed by atoms with E-state index < -0.39 is 23.5 Å². The van der Waals surface area contributed by atoms with Gasteiger partial charge in [-0.1, -0.05) is 25.5 Å². The normalized spacial score (nSPS) is 19.1. The van der Waals surface area contributed by atoms with Crippen molar-refractivity contribution in [1.29, 1.82) is 0 Å². The van der Waals surface area contributed by atoms with Crippen LogP contribution in [0.15, 0.2) is 24.3 Å². The van der Waals surface area contributed by atoms with Crippen molar-refractivity contribution in [2.45, 2.75) is 32.1 Å². The Balaban J connectivity index is 0.00000124. The first-order valence-electron chi connectivity index (χ1n) is 9.73. The minimum absolute atomic E-state index is 0.0307. The Morgan fingerprint density at radius 1 is 1.10 bits per heavy atom. The highest BCUT2D eigenvalue weighted by Crippen LogP contribution is 2.46. The fourth-order valence-electron chi connectivity index (χ4n) is 4.55. The summed E-state index contributed by atoms with van der Waals surface area (Å²) in [4.78, 5) is 38.5. The Morgan fingerprint density at radius 2 is 1.80 bits per heavy atom. The molecule has 0 aliphatic heterocycles. The van der Waals surface area contributed by atoms with Crippen molar-refractivity contribution in [3.8, 4) is 11.5 Å². The van der Waals surface area contributed by atoms with E-state index in [9.17, 15) is 24.6 Å². The Bertz CT molecular complexity index is 1040. The van der Waals surface area contributed by atoms with E-state index in [0.29, 0.717) is 24.0 Å². The highest BCUT2D eigenvalue weighted by atomic mass is 16.5. The van der Waals surface area contributed by atoms with Gasteiger partial charge in [-0.25, -0.2) is 0 Å². The zero-order chi connectivity index (χ0) is 22.2. The number of carbonyl (C=O) groups is 3. The summed E-state index contributed by atoms with van der Waals surface area (Å²) < 4.78 is 4.98. The molecule has 0 heterocycles. The van der Waals surface area contributed by atoms with E-state index >= 15 is 0 Å². The van der Waals surface area contributed by atoms with E-state index in [4.69, 9.17) is 9.84 Å². The lowest BCUT2D eigenvalue weighted by Crippen LogP contribution is -2.30. The lowest BCUT2D eigenvalue weighted by Gasteiger charge is -2.33. The summed E-state index contributed by atoms with van der Waals surface area (Å²) >= 11 is 0. The van der Waals surface area contributed by atoms with Crippen LogP contribution in [0.25, 0.3) is 0 Å². The molecule has 2 aliphatic carbocycles. The van der Waals surface area contributed by atoms with Crippen molar-refractivity contribution in [2.24, 2.45) is 5.92 Å². The third-order valence-electron chi connectivity index (χ3n) is 5.98. The van der Waals surface area contributed by atoms with E-state index in [1.807, 2.05) is 6.92 Å². The van der Waals surface area contributed by atoms with Gasteiger partial charge in [-0.2, -0.15) is 0 Å². The maximum Gasteiger partial charge on any atom is 0.313 e. The summed E-state index contributed by atoms with van der Waals surface area (Å²) in [6, 6.07) is 5.86. The van der Waals surface area contributed by atoms with E-state index in [2.05, 4.69) is 0 Å². The predicted octanol–water partition coefficient (Wildman–Crippen LogP) is 2.71. The number of ketones is 2. The van der Waals surface area contributed by atoms with E-state index in [1.54, 1.807) is 6.07 Å². The second kappa shape index (κ2) is 8.28. The van der Waals surface area contributed by atoms with Gasteiger partial charge in [0.05, 0.1) is 24.2 Å². The van der Waals surface area contributed by atoms with E-state index in [1.165, 1.54) is 25.3 Å². The number of aliphatic hydroxyl groups excluding tert-OH is 1. The molecule has 0 spiro atoms. The Labute approximate surface area is 173 Å². The van der Waals surface area contributed by atoms with Crippen LogP contribution >= 0.6 is 0 Å². The third kappa shape index (κ3) is 3.06. The average Bonchev–Trinajstić information content (AvgIpc) is 2.77. The molecule has 2 aliphatic rings. The molecule has 7 heteroatoms. The Kier molecular flexibility index (Phi) is 5.94. The molecule has 0 saturated heterocycles. The molecule has 30 heavy (non-hydrogen) atoms. The number of ether oxygens (including phenoxy) is 1. The zero-order valence-corrected chi connectivity index (χ0v) is 17.1. The number of phenolic OH excluding ortho intramolecular Hbond substituents is 2. The molecular formula is C23H24O7. The minimum Gasteiger partial charge on any atom is -0.507 e. The minimum atomic E-state index is -0.594. The second-order valence-electron chi connectivity index (χ2n) is 7.28. The molecule has 0 amide bonds. The van der Waals surface area contributed by atoms with E-state index in [0.717, 1.165) is 13.5 Å². The molecule has 0 aromatic heterocycles. The van der Waals surface area contributed by atoms with E-state index in [-0.39, 0.29) is 39.7 Å². The molecule has 2 unspecified atom stereocenters. The maximum absolute atomic E-state index is 13.1. The van der Waals surface area contributed by atoms with Gasteiger partial charge in [-0.3, -0.25) is 14.4 Å². The molecule has 0 fully saturated rings. The smallest absolute Gasteiger partial charge is 0.313 e. The van der Waals surface area contributed by atoms with Crippen molar-refractivity contribution < 1.29 is 34.4 Å². The van der Waals surface area contributed by atoms with Crippen LogP contribution in [0.1, 0.15) is 68.7 Å². The third-order valence-corrected chi connectivity index (χ3v) is 5.98. The number of methoxy groups -OCH3 is 1. The van der Waals surface area contributed by atoms with Crippen molar-refractivity contribution in [2.75, 3.05) is 14.2 Å². The van der Waals surface area contributed by atoms with Crippen LogP contribution in [-0.4, -0.2) is 47.1 Å². The largest absolute Gasteiger partial charge is 0.507 e. The van der Waals surface area contributed by atoms with Gasteiger partial charge in [-0.15, -0.1) is 0 Å². The van der Waals surface area contributed by atoms with Crippen molar-refractivity contribution in [1.82, 2.24) is 0 Å². The lowest BCUT2D eigenvalue weighted by molar-refractivity contribution is -0.144. The van der Waals surface area contributed by atoms with Gasteiger partial charge < -0.3 is 20.1 Å². The highest BCUT2D eigenvalue weighted by Gasteiger charge is 2.41. The van der Waals surface area contributed by atoms with Crippen molar-refractivity contribution in [3.63, 3.8) is 0 Å². The number of hydrogen-bond acceptors (Lipinski definition) is 7. The van der Waals surface area contributed by atoms with Gasteiger partial charge in [0.25, 0.3) is 0 Å². The number of hydrogen-bond donors (Lipinski definition) is 3. The number of aromatic hydroxyl groups is 2. The summed E-state index contributed by atoms with van der Waals surface area (Å²) in [6.45, 7) is 1.98. The maximum atomic E-state index is 13.1. The van der Waals surface area contributed by atoms with Gasteiger partial charge in [0.2, 0.25) is 5.78 Å². The highest BCUT2D eigenvalue weighted by molar-refractivity contribution is 6.30. The molecule has 2 aromatic carbocycles. The van der Waals surface area contributed by atoms with Gasteiger partial charge in [-0.05, 0) is 42.0 Å². The standard InChI is InChI=1S/C22H20O6.CH4O/c1-3-10-7-8-11-13(16(10)22(27)28-2)9-14-18(20(11)25)21(26)17-12(19(14)24)5-4-6-15(17)23;1-2/h4-6,9-10,16,23,25H,3,7-8H2,1-2H3;2H,1H3. The predicted molar refractivity (Wildman–Crippen MR) is 108 cm³/mol. The van der Waals surface area contributed by atoms with Crippen LogP contribution in [0.4, 0.5) is 0 Å². The fraction of sp³-hybridized carbons (Fsp3) is 0.348. The number of rotatable bonds is 2. The topological polar surface area (TPSA) is 121 Å². The molecule has 4 rings (SSSR count). The number of fused-ring (bicyclic) bond motifs is 3. The van der Waals surface area contributed by atoms with Crippen LogP contribution < -0.4 is 0 Å². The first-order valence-corrected chi connectivity index (χ1v) is 9.73. The van der Waals surface area contributed by atoms with Crippen molar-refractivity contribution in [3.05, 3.63) is 57.6 Å². The second-order valence-corrected chi connectivity index (χ2v) is 7.28. The SMILES string of the molecule is CCC1CCc2c(cc3c(c2O)C(=O)c2c(O)cccc2C3=O)C1C(=O)OC.CO. The van der Waals surface area contributed by atoms with Crippen LogP contribution in [-0.2, 0) is 16.0 Å². The van der Waals surface area contributed by atoms with Crippen LogP contribution in [0.5, 0.6) is 11.5 Å². The molecular weight excluding hydrogens is 388 g/mol. The van der Waals surface area contributed by atoms with Gasteiger partial charge in [0.15, 0.2) is 5.78 Å². The monoisotopic (exact) mass is 412 g/mol. The molecule has 2 aromatic rings. The van der Waals surface area contributed by atoms with Crippen LogP contribution in [0.3, 0.4) is 0 Å². The Morgan fingerprint density at radius 3 is 2.43 bits per heavy atom. The number of benzene rings is 2. The molecule has 0 radical (unpaired) electrons. The van der Waals surface area contributed by atoms with Crippen molar-refractivity contribution >= 4 is 17.5 Å². The van der Waals surface area contributed by atoms with Crippen LogP contribution in [0.2, 0.25) is 0 Å². The first kappa shape index (κ1) is 21.5. The number of phenols is 2. The lowest BCUT2D eigenvalue weighted by atomic mass is 9.70. The number of esters is 1. The van der Waals surface area contributed by atoms with Crippen LogP contribution in [0, 0.1) is 5.92 Å². The fourth-order valence-corrected chi connectivity index (χ4v) is 4.55. The first-order chi connectivity index (χ1) is 14.4. The molecule has 7 nitrogen and oxygen atoms in total. The quantitative estimate of drug-likeness (QED) is 0.553. The molecule has 2 atom stereocenters. The summed E-state index contributed by atoms with van der Waals surface area (Å²) in [7, 11) is 2.31. The molecule has 3 N–H and O–H groups in total. The summed E-state index contributed by atoms with van der Waals surface area (Å²) in [5.74, 6) is -2.59. The number of carbonyl (C=O) groups excluding carboxylic acids is 3. The van der Waals surface area contributed by atoms with Gasteiger partial charge in [0.1, 0.15) is 11.5 Å². The zero-order valence-electron chi connectivity index (χ0n) is 17.1. The van der Waals surface area contributed by atoms with Gasteiger partial charge >= 0.3 is 5.97 Å². The summed E-state index contributed by atoms with van der Waals surface area (Å²) in [5.41, 5.74) is 1.00. The average molecular weight is 412 g/mol. The summed E-state index contributed by atoms with van der Waals surface area (Å²) in [6.07, 6.45) is 1.91. The number of aliphatic hydroxyl groups is 1. The van der Waals surface area contributed by atoms with Gasteiger partial charge in [0, 0.05) is 18.2 Å². The molecule has 158 valence electrons.